The third-order valence-corrected chi connectivity index (χ3v) is 1.25. The highest BCUT2D eigenvalue weighted by atomic mass is 13.9. The lowest BCUT2D eigenvalue weighted by Gasteiger charge is -1.97. The average Bonchev–Trinajstić information content (AvgIpc) is 1.97. The Bertz CT molecular complexity index is 211. The summed E-state index contributed by atoms with van der Waals surface area (Å²) < 4.78 is 0. The van der Waals surface area contributed by atoms with E-state index >= 15 is 0 Å². The fourth-order valence-corrected chi connectivity index (χ4v) is 0.766. The molecule has 0 aliphatic carbocycles. The predicted octanol–water partition coefficient (Wildman–Crippen LogP) is 3.09. The van der Waals surface area contributed by atoms with Crippen molar-refractivity contribution in [2.24, 2.45) is 0 Å². The average molecular weight is 146 g/mol. The van der Waals surface area contributed by atoms with Gasteiger partial charge in [-0.2, -0.15) is 0 Å². The van der Waals surface area contributed by atoms with E-state index in [1.165, 1.54) is 0 Å². The Balaban J connectivity index is 4.07. The second-order valence-corrected chi connectivity index (χ2v) is 2.47. The van der Waals surface area contributed by atoms with Crippen LogP contribution in [0.25, 0.3) is 0 Å². The molecule has 0 N–H and O–H groups in total. The summed E-state index contributed by atoms with van der Waals surface area (Å²) in [6.07, 6.45) is 10.6. The third kappa shape index (κ3) is 5.24. The van der Waals surface area contributed by atoms with Gasteiger partial charge in [0.15, 0.2) is 0 Å². The number of rotatable bonds is 4. The third-order valence-electron chi connectivity index (χ3n) is 1.25. The molecule has 0 spiro atoms. The highest BCUT2D eigenvalue weighted by Crippen LogP contribution is 2.07. The second kappa shape index (κ2) is 5.56. The quantitative estimate of drug-likeness (QED) is 0.422. The lowest BCUT2D eigenvalue weighted by Crippen LogP contribution is -1.78. The molecule has 0 heterocycles. The molecule has 0 saturated heterocycles. The van der Waals surface area contributed by atoms with E-state index in [-0.39, 0.29) is 0 Å². The van der Waals surface area contributed by atoms with Gasteiger partial charge >= 0.3 is 0 Å². The van der Waals surface area contributed by atoms with Gasteiger partial charge in [0.05, 0.1) is 0 Å². The van der Waals surface area contributed by atoms with Crippen LogP contribution in [-0.2, 0) is 0 Å². The minimum absolute atomic E-state index is 0.769. The maximum absolute atomic E-state index is 5.13. The molecule has 0 saturated carbocycles. The van der Waals surface area contributed by atoms with Crippen LogP contribution in [0.2, 0.25) is 0 Å². The molecule has 0 fully saturated rings. The van der Waals surface area contributed by atoms with Crippen LogP contribution in [-0.4, -0.2) is 0 Å². The van der Waals surface area contributed by atoms with Crippen LogP contribution in [0.15, 0.2) is 36.5 Å². The summed E-state index contributed by atoms with van der Waals surface area (Å²) in [6.45, 7) is 9.42. The van der Waals surface area contributed by atoms with Crippen molar-refractivity contribution in [1.82, 2.24) is 0 Å². The molecule has 0 aromatic rings. The van der Waals surface area contributed by atoms with E-state index in [9.17, 15) is 0 Å². The van der Waals surface area contributed by atoms with E-state index in [4.69, 9.17) is 6.42 Å². The minimum Gasteiger partial charge on any atom is -0.120 e. The topological polar surface area (TPSA) is 0 Å². The Morgan fingerprint density at radius 2 is 2.27 bits per heavy atom. The maximum Gasteiger partial charge on any atom is 0.0127 e. The summed E-state index contributed by atoms with van der Waals surface area (Å²) >= 11 is 0. The summed E-state index contributed by atoms with van der Waals surface area (Å²) in [4.78, 5) is 0. The fraction of sp³-hybridized carbons (Fsp3) is 0.273. The van der Waals surface area contributed by atoms with Crippen molar-refractivity contribution < 1.29 is 0 Å². The normalized spacial score (nSPS) is 10.4. The number of terminal acetylenes is 1. The minimum atomic E-state index is 0.769. The van der Waals surface area contributed by atoms with Crippen molar-refractivity contribution in [3.8, 4) is 12.3 Å². The molecule has 0 aromatic carbocycles. The molecule has 0 aliphatic heterocycles. The fourth-order valence-electron chi connectivity index (χ4n) is 0.766. The van der Waals surface area contributed by atoms with Crippen LogP contribution in [0, 0.1) is 12.3 Å². The molecule has 0 bridgehead atoms. The Morgan fingerprint density at radius 3 is 2.64 bits per heavy atom. The molecule has 0 atom stereocenters. The van der Waals surface area contributed by atoms with Crippen molar-refractivity contribution in [3.05, 3.63) is 36.5 Å². The predicted molar refractivity (Wildman–Crippen MR) is 51.2 cm³/mol. The van der Waals surface area contributed by atoms with Gasteiger partial charge in [-0.3, -0.25) is 0 Å². The van der Waals surface area contributed by atoms with Crippen molar-refractivity contribution >= 4 is 0 Å². The van der Waals surface area contributed by atoms with Gasteiger partial charge in [0, 0.05) is 6.42 Å². The zero-order chi connectivity index (χ0) is 8.69. The monoisotopic (exact) mass is 146 g/mol. The summed E-state index contributed by atoms with van der Waals surface area (Å²) in [5.74, 6) is 2.59. The Kier molecular flexibility index (Phi) is 4.94. The van der Waals surface area contributed by atoms with Gasteiger partial charge in [-0.05, 0) is 18.9 Å². The van der Waals surface area contributed by atoms with Crippen molar-refractivity contribution in [2.75, 3.05) is 0 Å². The molecule has 0 aliphatic rings. The van der Waals surface area contributed by atoms with E-state index in [2.05, 4.69) is 19.1 Å². The largest absolute Gasteiger partial charge is 0.120 e. The first-order chi connectivity index (χ1) is 5.20. The second-order valence-electron chi connectivity index (χ2n) is 2.47. The van der Waals surface area contributed by atoms with Gasteiger partial charge in [-0.15, -0.1) is 12.3 Å². The standard InChI is InChI=1S/C11H14/c1-5-7-8-11(6-2)9-10(3)4/h1,6,9H,2-3,7-8H2,4H3. The van der Waals surface area contributed by atoms with E-state index in [0.29, 0.717) is 0 Å². The molecule has 0 radical (unpaired) electrons. The zero-order valence-electron chi connectivity index (χ0n) is 7.06. The Labute approximate surface area is 69.3 Å². The smallest absolute Gasteiger partial charge is 0.0127 e. The SMILES string of the molecule is C#CCCC(C=C)=CC(=C)C. The maximum atomic E-state index is 5.13. The first-order valence-electron chi connectivity index (χ1n) is 3.62. The van der Waals surface area contributed by atoms with E-state index in [0.717, 1.165) is 24.0 Å². The van der Waals surface area contributed by atoms with Crippen LogP contribution in [0.4, 0.5) is 0 Å². The Hall–Kier alpha value is -1.22. The molecule has 0 aromatic heterocycles. The van der Waals surface area contributed by atoms with Crippen LogP contribution in [0.5, 0.6) is 0 Å². The van der Waals surface area contributed by atoms with Crippen molar-refractivity contribution in [1.29, 1.82) is 0 Å². The molecule has 0 nitrogen and oxygen atoms in total. The number of hydrogen-bond donors (Lipinski definition) is 0. The van der Waals surface area contributed by atoms with Gasteiger partial charge in [0.2, 0.25) is 0 Å². The van der Waals surface area contributed by atoms with Gasteiger partial charge in [-0.25, -0.2) is 0 Å². The van der Waals surface area contributed by atoms with E-state index in [1.807, 2.05) is 19.1 Å². The van der Waals surface area contributed by atoms with Gasteiger partial charge in [0.1, 0.15) is 0 Å². The lowest BCUT2D eigenvalue weighted by molar-refractivity contribution is 1.03. The highest BCUT2D eigenvalue weighted by molar-refractivity contribution is 5.26. The van der Waals surface area contributed by atoms with Gasteiger partial charge in [0.25, 0.3) is 0 Å². The first-order valence-corrected chi connectivity index (χ1v) is 3.62. The van der Waals surface area contributed by atoms with Crippen LogP contribution >= 0.6 is 0 Å². The lowest BCUT2D eigenvalue weighted by atomic mass is 10.1. The van der Waals surface area contributed by atoms with Crippen LogP contribution < -0.4 is 0 Å². The molecule has 11 heavy (non-hydrogen) atoms. The molecule has 0 heteroatoms. The molecule has 58 valence electrons. The van der Waals surface area contributed by atoms with E-state index < -0.39 is 0 Å². The van der Waals surface area contributed by atoms with Crippen LogP contribution in [0.3, 0.4) is 0 Å². The molecule has 0 rings (SSSR count). The molecular weight excluding hydrogens is 132 g/mol. The summed E-state index contributed by atoms with van der Waals surface area (Å²) in [7, 11) is 0. The van der Waals surface area contributed by atoms with E-state index in [1.54, 1.807) is 0 Å². The zero-order valence-corrected chi connectivity index (χ0v) is 7.06. The summed E-state index contributed by atoms with van der Waals surface area (Å²) in [6, 6.07) is 0. The van der Waals surface area contributed by atoms with Crippen molar-refractivity contribution in [3.63, 3.8) is 0 Å². The highest BCUT2D eigenvalue weighted by Gasteiger charge is 1.89. The van der Waals surface area contributed by atoms with Crippen molar-refractivity contribution in [2.45, 2.75) is 19.8 Å². The molecular formula is C11H14. The Morgan fingerprint density at radius 1 is 1.64 bits per heavy atom. The molecule has 0 amide bonds. The summed E-state index contributed by atoms with van der Waals surface area (Å²) in [5, 5.41) is 0. The van der Waals surface area contributed by atoms with Gasteiger partial charge < -0.3 is 0 Å². The first kappa shape index (κ1) is 9.78. The number of hydrogen-bond acceptors (Lipinski definition) is 0. The molecule has 0 unspecified atom stereocenters. The van der Waals surface area contributed by atoms with Crippen LogP contribution in [0.1, 0.15) is 19.8 Å². The van der Waals surface area contributed by atoms with Gasteiger partial charge in [-0.1, -0.05) is 30.9 Å². The summed E-state index contributed by atoms with van der Waals surface area (Å²) in [5.41, 5.74) is 2.20. The number of allylic oxidation sites excluding steroid dienone is 4.